The minimum Gasteiger partial charge on any atom is -0.295 e. The second kappa shape index (κ2) is 6.03. The Labute approximate surface area is 115 Å². The highest BCUT2D eigenvalue weighted by atomic mass is 32.2. The van der Waals surface area contributed by atoms with Gasteiger partial charge in [-0.05, 0) is 24.0 Å². The van der Waals surface area contributed by atoms with Gasteiger partial charge in [-0.3, -0.25) is 4.90 Å². The van der Waals surface area contributed by atoms with Gasteiger partial charge in [-0.25, -0.2) is 13.1 Å². The first kappa shape index (κ1) is 14.5. The van der Waals surface area contributed by atoms with Crippen molar-refractivity contribution in [1.29, 1.82) is 0 Å². The van der Waals surface area contributed by atoms with Gasteiger partial charge in [0.15, 0.2) is 0 Å². The van der Waals surface area contributed by atoms with Crippen LogP contribution in [0, 0.1) is 0 Å². The lowest BCUT2D eigenvalue weighted by molar-refractivity contribution is 0.184. The lowest BCUT2D eigenvalue weighted by Crippen LogP contribution is -2.40. The summed E-state index contributed by atoms with van der Waals surface area (Å²) in [5.41, 5.74) is 2.83. The predicted molar refractivity (Wildman–Crippen MR) is 77.6 cm³/mol. The van der Waals surface area contributed by atoms with Crippen LogP contribution in [0.3, 0.4) is 0 Å². The molecule has 1 aliphatic rings. The molecule has 1 heterocycles. The third-order valence-electron chi connectivity index (χ3n) is 3.67. The number of nitrogens with one attached hydrogen (secondary N) is 1. The van der Waals surface area contributed by atoms with Crippen LogP contribution >= 0.6 is 0 Å². The van der Waals surface area contributed by atoms with Crippen molar-refractivity contribution in [2.75, 3.05) is 25.9 Å². The molecular formula is C14H22N2O2S. The summed E-state index contributed by atoms with van der Waals surface area (Å²) in [7, 11) is -3.09. The van der Waals surface area contributed by atoms with E-state index in [1.165, 1.54) is 17.4 Å². The van der Waals surface area contributed by atoms with Crippen molar-refractivity contribution in [2.45, 2.75) is 25.8 Å². The molecule has 1 atom stereocenters. The van der Waals surface area contributed by atoms with Crippen LogP contribution in [0.2, 0.25) is 0 Å². The van der Waals surface area contributed by atoms with E-state index in [0.717, 1.165) is 25.9 Å². The Kier molecular flexibility index (Phi) is 4.60. The SMILES string of the molecule is CCC1c2ccccc2CCN1CCNS(C)(=O)=O. The average molecular weight is 282 g/mol. The van der Waals surface area contributed by atoms with Crippen LogP contribution in [-0.4, -0.2) is 39.2 Å². The standard InChI is InChI=1S/C14H22N2O2S/c1-3-14-13-7-5-4-6-12(13)8-10-16(14)11-9-15-19(2,17)18/h4-7,14-15H,3,8-11H2,1-2H3. The molecule has 0 saturated heterocycles. The van der Waals surface area contributed by atoms with E-state index in [1.807, 2.05) is 0 Å². The van der Waals surface area contributed by atoms with Crippen LogP contribution in [0.15, 0.2) is 24.3 Å². The highest BCUT2D eigenvalue weighted by Gasteiger charge is 2.25. The fourth-order valence-corrected chi connectivity index (χ4v) is 3.29. The Morgan fingerprint density at radius 3 is 2.79 bits per heavy atom. The van der Waals surface area contributed by atoms with E-state index in [-0.39, 0.29) is 0 Å². The summed E-state index contributed by atoms with van der Waals surface area (Å²) in [5.74, 6) is 0. The van der Waals surface area contributed by atoms with E-state index in [4.69, 9.17) is 0 Å². The number of rotatable bonds is 5. The summed E-state index contributed by atoms with van der Waals surface area (Å²) in [5, 5.41) is 0. The molecule has 19 heavy (non-hydrogen) atoms. The molecule has 106 valence electrons. The topological polar surface area (TPSA) is 49.4 Å². The molecule has 1 aromatic rings. The van der Waals surface area contributed by atoms with E-state index in [0.29, 0.717) is 12.6 Å². The van der Waals surface area contributed by atoms with Crippen LogP contribution in [-0.2, 0) is 16.4 Å². The van der Waals surface area contributed by atoms with Gasteiger partial charge in [0.2, 0.25) is 10.0 Å². The molecule has 0 aliphatic carbocycles. The lowest BCUT2D eigenvalue weighted by atomic mass is 9.91. The summed E-state index contributed by atoms with van der Waals surface area (Å²) < 4.78 is 24.8. The summed E-state index contributed by atoms with van der Waals surface area (Å²) in [6.07, 6.45) is 3.30. The zero-order valence-corrected chi connectivity index (χ0v) is 12.4. The van der Waals surface area contributed by atoms with Crippen molar-refractivity contribution < 1.29 is 8.42 Å². The zero-order valence-electron chi connectivity index (χ0n) is 11.6. The molecule has 2 rings (SSSR count). The number of nitrogens with zero attached hydrogens (tertiary/aromatic N) is 1. The fourth-order valence-electron chi connectivity index (χ4n) is 2.82. The van der Waals surface area contributed by atoms with E-state index >= 15 is 0 Å². The Morgan fingerprint density at radius 1 is 1.37 bits per heavy atom. The molecule has 4 nitrogen and oxygen atoms in total. The van der Waals surface area contributed by atoms with Crippen molar-refractivity contribution in [1.82, 2.24) is 9.62 Å². The monoisotopic (exact) mass is 282 g/mol. The van der Waals surface area contributed by atoms with Gasteiger partial charge in [0.05, 0.1) is 6.26 Å². The zero-order chi connectivity index (χ0) is 13.9. The number of hydrogen-bond acceptors (Lipinski definition) is 3. The van der Waals surface area contributed by atoms with E-state index in [2.05, 4.69) is 40.8 Å². The molecule has 0 saturated carbocycles. The van der Waals surface area contributed by atoms with Gasteiger partial charge >= 0.3 is 0 Å². The Balaban J connectivity index is 2.03. The summed E-state index contributed by atoms with van der Waals surface area (Å²) in [4.78, 5) is 2.38. The van der Waals surface area contributed by atoms with Crippen molar-refractivity contribution >= 4 is 10.0 Å². The summed E-state index contributed by atoms with van der Waals surface area (Å²) in [6, 6.07) is 8.97. The second-order valence-corrected chi connectivity index (χ2v) is 6.91. The fraction of sp³-hybridized carbons (Fsp3) is 0.571. The molecule has 0 spiro atoms. The largest absolute Gasteiger partial charge is 0.295 e. The number of benzene rings is 1. The average Bonchev–Trinajstić information content (AvgIpc) is 2.37. The van der Waals surface area contributed by atoms with Gasteiger partial charge in [0, 0.05) is 25.7 Å². The first-order valence-corrected chi connectivity index (χ1v) is 8.67. The van der Waals surface area contributed by atoms with Crippen LogP contribution in [0.25, 0.3) is 0 Å². The van der Waals surface area contributed by atoms with Gasteiger partial charge in [0.1, 0.15) is 0 Å². The maximum absolute atomic E-state index is 11.1. The molecule has 1 unspecified atom stereocenters. The second-order valence-electron chi connectivity index (χ2n) is 5.08. The third kappa shape index (κ3) is 3.78. The van der Waals surface area contributed by atoms with Crippen molar-refractivity contribution in [2.24, 2.45) is 0 Å². The maximum atomic E-state index is 11.1. The van der Waals surface area contributed by atoms with E-state index < -0.39 is 10.0 Å². The van der Waals surface area contributed by atoms with Crippen molar-refractivity contribution in [3.05, 3.63) is 35.4 Å². The van der Waals surface area contributed by atoms with Crippen LogP contribution in [0.1, 0.15) is 30.5 Å². The number of hydrogen-bond donors (Lipinski definition) is 1. The Hall–Kier alpha value is -0.910. The minimum atomic E-state index is -3.09. The summed E-state index contributed by atoms with van der Waals surface area (Å²) >= 11 is 0. The number of fused-ring (bicyclic) bond motifs is 1. The normalized spacial score (nSPS) is 20.2. The van der Waals surface area contributed by atoms with Gasteiger partial charge < -0.3 is 0 Å². The highest BCUT2D eigenvalue weighted by Crippen LogP contribution is 2.31. The molecule has 1 aromatic carbocycles. The molecular weight excluding hydrogens is 260 g/mol. The van der Waals surface area contributed by atoms with Gasteiger partial charge in [-0.1, -0.05) is 31.2 Å². The highest BCUT2D eigenvalue weighted by molar-refractivity contribution is 7.88. The van der Waals surface area contributed by atoms with E-state index in [9.17, 15) is 8.42 Å². The van der Waals surface area contributed by atoms with Gasteiger partial charge in [-0.15, -0.1) is 0 Å². The molecule has 0 aromatic heterocycles. The number of sulfonamides is 1. The lowest BCUT2D eigenvalue weighted by Gasteiger charge is -2.37. The maximum Gasteiger partial charge on any atom is 0.208 e. The molecule has 0 amide bonds. The molecule has 0 radical (unpaired) electrons. The molecule has 1 N–H and O–H groups in total. The van der Waals surface area contributed by atoms with Crippen molar-refractivity contribution in [3.63, 3.8) is 0 Å². The first-order valence-electron chi connectivity index (χ1n) is 6.77. The van der Waals surface area contributed by atoms with Crippen LogP contribution in [0.5, 0.6) is 0 Å². The van der Waals surface area contributed by atoms with Crippen molar-refractivity contribution in [3.8, 4) is 0 Å². The molecule has 0 fully saturated rings. The Bertz CT molecular complexity index is 528. The van der Waals surface area contributed by atoms with Crippen LogP contribution < -0.4 is 4.72 Å². The van der Waals surface area contributed by atoms with Gasteiger partial charge in [0.25, 0.3) is 0 Å². The predicted octanol–water partition coefficient (Wildman–Crippen LogP) is 1.54. The Morgan fingerprint density at radius 2 is 2.11 bits per heavy atom. The molecule has 5 heteroatoms. The molecule has 1 aliphatic heterocycles. The van der Waals surface area contributed by atoms with E-state index in [1.54, 1.807) is 0 Å². The van der Waals surface area contributed by atoms with Gasteiger partial charge in [-0.2, -0.15) is 0 Å². The first-order chi connectivity index (χ1) is 9.01. The minimum absolute atomic E-state index is 0.409. The smallest absolute Gasteiger partial charge is 0.208 e. The summed E-state index contributed by atoms with van der Waals surface area (Å²) in [6.45, 7) is 4.43. The van der Waals surface area contributed by atoms with Crippen LogP contribution in [0.4, 0.5) is 0 Å². The molecule has 0 bridgehead atoms. The third-order valence-corrected chi connectivity index (χ3v) is 4.40. The quantitative estimate of drug-likeness (QED) is 0.891.